The molecular formula is C18H25N3O2S. The number of thiophene rings is 1. The minimum absolute atomic E-state index is 0.0447. The fourth-order valence-corrected chi connectivity index (χ4v) is 4.31. The molecule has 0 saturated carbocycles. The van der Waals surface area contributed by atoms with E-state index in [0.29, 0.717) is 23.3 Å². The summed E-state index contributed by atoms with van der Waals surface area (Å²) in [5.74, 6) is 1.62. The van der Waals surface area contributed by atoms with Gasteiger partial charge in [0.15, 0.2) is 11.6 Å². The van der Waals surface area contributed by atoms with Gasteiger partial charge in [-0.15, -0.1) is 11.3 Å². The first kappa shape index (κ1) is 17.2. The van der Waals surface area contributed by atoms with Crippen molar-refractivity contribution >= 4 is 17.2 Å². The highest BCUT2D eigenvalue weighted by atomic mass is 32.1. The highest BCUT2D eigenvalue weighted by Gasteiger charge is 2.27. The number of amides is 1. The fraction of sp³-hybridized carbons (Fsp3) is 0.556. The van der Waals surface area contributed by atoms with Gasteiger partial charge >= 0.3 is 0 Å². The number of rotatable bonds is 5. The molecule has 0 unspecified atom stereocenters. The Morgan fingerprint density at radius 1 is 1.42 bits per heavy atom. The van der Waals surface area contributed by atoms with Crippen LogP contribution in [0.25, 0.3) is 0 Å². The van der Waals surface area contributed by atoms with Gasteiger partial charge in [0.2, 0.25) is 0 Å². The van der Waals surface area contributed by atoms with E-state index < -0.39 is 0 Å². The van der Waals surface area contributed by atoms with Crippen molar-refractivity contribution in [1.82, 2.24) is 14.8 Å². The van der Waals surface area contributed by atoms with Crippen molar-refractivity contribution in [1.29, 1.82) is 0 Å². The van der Waals surface area contributed by atoms with E-state index in [1.54, 1.807) is 18.7 Å². The van der Waals surface area contributed by atoms with Gasteiger partial charge < -0.3 is 9.32 Å². The Bertz CT molecular complexity index is 722. The largest absolute Gasteiger partial charge is 0.445 e. The number of carbonyl (C=O) groups excluding carboxylic acids is 1. The molecule has 130 valence electrons. The number of carbonyl (C=O) groups is 1. The maximum Gasteiger partial charge on any atom is 0.275 e. The number of oxazole rings is 1. The van der Waals surface area contributed by atoms with Crippen LogP contribution in [0.1, 0.15) is 38.3 Å². The van der Waals surface area contributed by atoms with Crippen LogP contribution in [0, 0.1) is 26.7 Å². The second-order valence-electron chi connectivity index (χ2n) is 6.73. The Morgan fingerprint density at radius 3 is 2.83 bits per heavy atom. The van der Waals surface area contributed by atoms with E-state index in [-0.39, 0.29) is 5.91 Å². The number of hydrogen-bond donors (Lipinski definition) is 0. The minimum Gasteiger partial charge on any atom is -0.445 e. The number of likely N-dealkylation sites (tertiary alicyclic amines) is 1. The number of aryl methyl sites for hydroxylation is 3. The second kappa shape index (κ2) is 7.07. The van der Waals surface area contributed by atoms with E-state index in [4.69, 9.17) is 4.42 Å². The molecule has 0 N–H and O–H groups in total. The molecule has 0 aromatic carbocycles. The lowest BCUT2D eigenvalue weighted by molar-refractivity contribution is 0.0766. The second-order valence-corrected chi connectivity index (χ2v) is 8.10. The molecule has 24 heavy (non-hydrogen) atoms. The van der Waals surface area contributed by atoms with Crippen LogP contribution in [0.4, 0.5) is 0 Å². The van der Waals surface area contributed by atoms with Gasteiger partial charge in [-0.3, -0.25) is 9.69 Å². The van der Waals surface area contributed by atoms with Gasteiger partial charge in [-0.05, 0) is 44.9 Å². The number of hydrogen-bond acceptors (Lipinski definition) is 5. The van der Waals surface area contributed by atoms with Crippen LogP contribution in [0.5, 0.6) is 0 Å². The average Bonchev–Trinajstić information content (AvgIpc) is 3.21. The summed E-state index contributed by atoms with van der Waals surface area (Å²) in [6.45, 7) is 9.65. The first-order valence-corrected chi connectivity index (χ1v) is 9.21. The van der Waals surface area contributed by atoms with E-state index in [1.807, 2.05) is 18.4 Å². The van der Waals surface area contributed by atoms with Gasteiger partial charge in [0, 0.05) is 43.4 Å². The van der Waals surface area contributed by atoms with Gasteiger partial charge in [0.05, 0.1) is 0 Å². The van der Waals surface area contributed by atoms with Crippen LogP contribution in [-0.2, 0) is 6.54 Å². The van der Waals surface area contributed by atoms with Crippen molar-refractivity contribution in [3.05, 3.63) is 39.2 Å². The standard InChI is InChI=1S/C18H25N3O2S/c1-12-5-6-16(24-12)11-21-8-7-15(10-21)9-20(4)18(22)17-13(2)23-14(3)19-17/h5-6,15H,7-11H2,1-4H3/t15-/m0/s1. The van der Waals surface area contributed by atoms with Gasteiger partial charge in [0.1, 0.15) is 5.76 Å². The Morgan fingerprint density at radius 2 is 2.21 bits per heavy atom. The average molecular weight is 347 g/mol. The first-order chi connectivity index (χ1) is 11.4. The molecule has 2 aromatic rings. The molecule has 1 amide bonds. The highest BCUT2D eigenvalue weighted by molar-refractivity contribution is 7.11. The maximum atomic E-state index is 12.5. The van der Waals surface area contributed by atoms with Crippen molar-refractivity contribution in [2.24, 2.45) is 5.92 Å². The summed E-state index contributed by atoms with van der Waals surface area (Å²) in [4.78, 5) is 23.8. The molecule has 0 radical (unpaired) electrons. The molecule has 6 heteroatoms. The van der Waals surface area contributed by atoms with Crippen molar-refractivity contribution in [2.75, 3.05) is 26.7 Å². The van der Waals surface area contributed by atoms with Gasteiger partial charge in [0.25, 0.3) is 5.91 Å². The van der Waals surface area contributed by atoms with Gasteiger partial charge in [-0.2, -0.15) is 0 Å². The topological polar surface area (TPSA) is 49.6 Å². The van der Waals surface area contributed by atoms with E-state index >= 15 is 0 Å². The maximum absolute atomic E-state index is 12.5. The van der Waals surface area contributed by atoms with Crippen molar-refractivity contribution in [3.63, 3.8) is 0 Å². The zero-order valence-electron chi connectivity index (χ0n) is 14.8. The predicted octanol–water partition coefficient (Wildman–Crippen LogP) is 3.26. The Labute approximate surface area is 147 Å². The summed E-state index contributed by atoms with van der Waals surface area (Å²) in [5, 5.41) is 0. The predicted molar refractivity (Wildman–Crippen MR) is 95.4 cm³/mol. The van der Waals surface area contributed by atoms with Crippen LogP contribution >= 0.6 is 11.3 Å². The lowest BCUT2D eigenvalue weighted by Crippen LogP contribution is -2.33. The lowest BCUT2D eigenvalue weighted by Gasteiger charge is -2.21. The zero-order chi connectivity index (χ0) is 17.3. The van der Waals surface area contributed by atoms with Crippen molar-refractivity contribution in [2.45, 2.75) is 33.7 Å². The molecule has 0 bridgehead atoms. The van der Waals surface area contributed by atoms with Gasteiger partial charge in [-0.1, -0.05) is 0 Å². The van der Waals surface area contributed by atoms with E-state index in [9.17, 15) is 4.79 Å². The summed E-state index contributed by atoms with van der Waals surface area (Å²) in [6, 6.07) is 4.40. The summed E-state index contributed by atoms with van der Waals surface area (Å²) < 4.78 is 5.38. The molecule has 1 aliphatic rings. The fourth-order valence-electron chi connectivity index (χ4n) is 3.37. The Kier molecular flexibility index (Phi) is 5.06. The molecule has 1 aliphatic heterocycles. The quantitative estimate of drug-likeness (QED) is 0.833. The minimum atomic E-state index is -0.0447. The summed E-state index contributed by atoms with van der Waals surface area (Å²) in [6.07, 6.45) is 1.14. The molecule has 5 nitrogen and oxygen atoms in total. The van der Waals surface area contributed by atoms with Crippen LogP contribution in [0.2, 0.25) is 0 Å². The van der Waals surface area contributed by atoms with E-state index in [0.717, 1.165) is 32.6 Å². The molecule has 1 atom stereocenters. The van der Waals surface area contributed by atoms with Crippen LogP contribution in [0.15, 0.2) is 16.5 Å². The van der Waals surface area contributed by atoms with Crippen LogP contribution < -0.4 is 0 Å². The van der Waals surface area contributed by atoms with Crippen molar-refractivity contribution in [3.8, 4) is 0 Å². The monoisotopic (exact) mass is 347 g/mol. The normalized spacial score (nSPS) is 18.2. The first-order valence-electron chi connectivity index (χ1n) is 8.39. The summed E-state index contributed by atoms with van der Waals surface area (Å²) in [5.41, 5.74) is 0.443. The molecule has 2 aromatic heterocycles. The summed E-state index contributed by atoms with van der Waals surface area (Å²) in [7, 11) is 1.86. The Hall–Kier alpha value is -1.66. The van der Waals surface area contributed by atoms with Crippen molar-refractivity contribution < 1.29 is 9.21 Å². The van der Waals surface area contributed by atoms with Crippen LogP contribution in [0.3, 0.4) is 0 Å². The Balaban J connectivity index is 1.53. The van der Waals surface area contributed by atoms with Crippen LogP contribution in [-0.4, -0.2) is 47.4 Å². The van der Waals surface area contributed by atoms with E-state index in [2.05, 4.69) is 28.9 Å². The SMILES string of the molecule is Cc1nc(C(=O)N(C)C[C@@H]2CCN(Cc3ccc(C)s3)C2)c(C)o1. The number of aromatic nitrogens is 1. The molecule has 0 spiro atoms. The molecule has 0 aliphatic carbocycles. The third-order valence-electron chi connectivity index (χ3n) is 4.53. The molecule has 3 rings (SSSR count). The third-order valence-corrected chi connectivity index (χ3v) is 5.52. The zero-order valence-corrected chi connectivity index (χ0v) is 15.7. The molecule has 1 fully saturated rings. The third kappa shape index (κ3) is 3.87. The molecular weight excluding hydrogens is 322 g/mol. The number of nitrogens with zero attached hydrogens (tertiary/aromatic N) is 3. The van der Waals surface area contributed by atoms with E-state index in [1.165, 1.54) is 9.75 Å². The van der Waals surface area contributed by atoms with Gasteiger partial charge in [-0.25, -0.2) is 4.98 Å². The molecule has 3 heterocycles. The summed E-state index contributed by atoms with van der Waals surface area (Å²) >= 11 is 1.87. The smallest absolute Gasteiger partial charge is 0.275 e. The molecule has 1 saturated heterocycles. The highest BCUT2D eigenvalue weighted by Crippen LogP contribution is 2.23. The lowest BCUT2D eigenvalue weighted by atomic mass is 10.1.